The lowest BCUT2D eigenvalue weighted by molar-refractivity contribution is 0.0672. The van der Waals surface area contributed by atoms with Crippen LogP contribution in [0.2, 0.25) is 0 Å². The Morgan fingerprint density at radius 2 is 2.20 bits per heavy atom. The van der Waals surface area contributed by atoms with Crippen molar-refractivity contribution in [2.24, 2.45) is 5.73 Å². The molecule has 0 amide bonds. The van der Waals surface area contributed by atoms with Gasteiger partial charge in [0, 0.05) is 30.7 Å². The number of benzene rings is 1. The number of hydrogen-bond donors (Lipinski definition) is 1. The molecule has 0 saturated heterocycles. The van der Waals surface area contributed by atoms with Crippen LogP contribution in [0, 0.1) is 0 Å². The summed E-state index contributed by atoms with van der Waals surface area (Å²) in [5, 5.41) is 0. The fourth-order valence-electron chi connectivity index (χ4n) is 2.36. The molecule has 1 heterocycles. The third kappa shape index (κ3) is 4.45. The third-order valence-corrected chi connectivity index (χ3v) is 3.83. The molecule has 1 unspecified atom stereocenters. The van der Waals surface area contributed by atoms with Crippen molar-refractivity contribution in [3.8, 4) is 5.75 Å². The Kier molecular flexibility index (Phi) is 6.29. The average molecular weight is 344 g/mol. The smallest absolute Gasteiger partial charge is 0.125 e. The molecular weight excluding hydrogens is 322 g/mol. The number of nitrogens with two attached hydrogens (primary N) is 1. The van der Waals surface area contributed by atoms with Gasteiger partial charge in [-0.2, -0.15) is 0 Å². The van der Waals surface area contributed by atoms with Crippen LogP contribution in [0.1, 0.15) is 17.5 Å². The number of hydrogen-bond acceptors (Lipinski definition) is 4. The first-order chi connectivity index (χ1) is 9.70. The summed E-state index contributed by atoms with van der Waals surface area (Å²) in [5.74, 6) is 1.03. The number of fused-ring (bicyclic) bond motifs is 1. The second-order valence-electron chi connectivity index (χ2n) is 5.01. The van der Waals surface area contributed by atoms with Gasteiger partial charge in [0.25, 0.3) is 0 Å². The second kappa shape index (κ2) is 7.98. The minimum Gasteiger partial charge on any atom is -0.493 e. The zero-order valence-corrected chi connectivity index (χ0v) is 13.4. The van der Waals surface area contributed by atoms with Crippen molar-refractivity contribution in [2.45, 2.75) is 25.3 Å². The zero-order valence-electron chi connectivity index (χ0n) is 11.9. The van der Waals surface area contributed by atoms with Gasteiger partial charge in [0.05, 0.1) is 19.8 Å². The molecule has 1 aromatic rings. The summed E-state index contributed by atoms with van der Waals surface area (Å²) >= 11 is 3.55. The van der Waals surface area contributed by atoms with E-state index in [4.69, 9.17) is 19.9 Å². The van der Waals surface area contributed by atoms with E-state index >= 15 is 0 Å². The van der Waals surface area contributed by atoms with Crippen molar-refractivity contribution < 1.29 is 14.2 Å². The van der Waals surface area contributed by atoms with Gasteiger partial charge in [-0.15, -0.1) is 0 Å². The molecule has 2 rings (SSSR count). The van der Waals surface area contributed by atoms with E-state index in [0.717, 1.165) is 36.1 Å². The normalized spacial score (nSPS) is 14.9. The molecule has 20 heavy (non-hydrogen) atoms. The van der Waals surface area contributed by atoms with Crippen LogP contribution in [0.25, 0.3) is 0 Å². The highest BCUT2D eigenvalue weighted by Crippen LogP contribution is 2.33. The predicted octanol–water partition coefficient (Wildman–Crippen LogP) is 2.31. The van der Waals surface area contributed by atoms with Crippen molar-refractivity contribution in [1.29, 1.82) is 0 Å². The van der Waals surface area contributed by atoms with Gasteiger partial charge in [-0.3, -0.25) is 0 Å². The molecule has 1 aliphatic heterocycles. The summed E-state index contributed by atoms with van der Waals surface area (Å²) in [5.41, 5.74) is 8.65. The summed E-state index contributed by atoms with van der Waals surface area (Å²) in [6, 6.07) is 4.32. The molecule has 0 aliphatic carbocycles. The summed E-state index contributed by atoms with van der Waals surface area (Å²) in [7, 11) is 1.67. The van der Waals surface area contributed by atoms with Crippen molar-refractivity contribution in [2.75, 3.05) is 33.5 Å². The highest BCUT2D eigenvalue weighted by molar-refractivity contribution is 9.10. The highest BCUT2D eigenvalue weighted by Gasteiger charge is 2.18. The van der Waals surface area contributed by atoms with E-state index < -0.39 is 0 Å². The average Bonchev–Trinajstić information content (AvgIpc) is 2.86. The van der Waals surface area contributed by atoms with Crippen LogP contribution in [-0.2, 0) is 22.3 Å². The standard InChI is InChI=1S/C15H22BrNO3/c1-18-6-7-19-4-3-14(17)10-12-9-13(16)8-11-2-5-20-15(11)12/h8-9,14H,2-7,10,17H2,1H3. The first kappa shape index (κ1) is 15.8. The number of halogens is 1. The summed E-state index contributed by atoms with van der Waals surface area (Å²) < 4.78 is 17.2. The highest BCUT2D eigenvalue weighted by atomic mass is 79.9. The van der Waals surface area contributed by atoms with Crippen molar-refractivity contribution in [3.05, 3.63) is 27.7 Å². The maximum atomic E-state index is 6.18. The van der Waals surface area contributed by atoms with E-state index in [0.29, 0.717) is 19.8 Å². The minimum absolute atomic E-state index is 0.0835. The molecule has 0 spiro atoms. The zero-order chi connectivity index (χ0) is 14.4. The van der Waals surface area contributed by atoms with Crippen LogP contribution in [0.4, 0.5) is 0 Å². The van der Waals surface area contributed by atoms with Gasteiger partial charge in [0.15, 0.2) is 0 Å². The molecule has 1 aromatic carbocycles. The molecule has 1 atom stereocenters. The first-order valence-corrected chi connectivity index (χ1v) is 7.76. The van der Waals surface area contributed by atoms with Gasteiger partial charge in [-0.1, -0.05) is 15.9 Å². The lowest BCUT2D eigenvalue weighted by Crippen LogP contribution is -2.25. The molecule has 0 fully saturated rings. The first-order valence-electron chi connectivity index (χ1n) is 6.97. The molecule has 0 aromatic heterocycles. The molecule has 4 nitrogen and oxygen atoms in total. The number of ether oxygens (including phenoxy) is 3. The van der Waals surface area contributed by atoms with Crippen LogP contribution in [0.15, 0.2) is 16.6 Å². The predicted molar refractivity (Wildman–Crippen MR) is 82.3 cm³/mol. The van der Waals surface area contributed by atoms with Gasteiger partial charge >= 0.3 is 0 Å². The molecule has 112 valence electrons. The van der Waals surface area contributed by atoms with Crippen LogP contribution < -0.4 is 10.5 Å². The van der Waals surface area contributed by atoms with E-state index in [1.165, 1.54) is 11.1 Å². The Morgan fingerprint density at radius 1 is 1.35 bits per heavy atom. The summed E-state index contributed by atoms with van der Waals surface area (Å²) in [4.78, 5) is 0. The van der Waals surface area contributed by atoms with E-state index in [-0.39, 0.29) is 6.04 Å². The van der Waals surface area contributed by atoms with Crippen molar-refractivity contribution in [3.63, 3.8) is 0 Å². The molecular formula is C15H22BrNO3. The van der Waals surface area contributed by atoms with E-state index in [2.05, 4.69) is 28.1 Å². The molecule has 0 bridgehead atoms. The third-order valence-electron chi connectivity index (χ3n) is 3.37. The second-order valence-corrected chi connectivity index (χ2v) is 5.93. The molecule has 5 heteroatoms. The van der Waals surface area contributed by atoms with Crippen molar-refractivity contribution in [1.82, 2.24) is 0 Å². The van der Waals surface area contributed by atoms with Crippen molar-refractivity contribution >= 4 is 15.9 Å². The Labute approximate surface area is 128 Å². The van der Waals surface area contributed by atoms with Gasteiger partial charge in [0.1, 0.15) is 5.75 Å². The Bertz CT molecular complexity index is 439. The number of methoxy groups -OCH3 is 1. The molecule has 0 saturated carbocycles. The van der Waals surface area contributed by atoms with Crippen LogP contribution in [-0.4, -0.2) is 39.6 Å². The SMILES string of the molecule is COCCOCCC(N)Cc1cc(Br)cc2c1OCC2. The number of rotatable bonds is 8. The maximum absolute atomic E-state index is 6.18. The van der Waals surface area contributed by atoms with Crippen LogP contribution in [0.3, 0.4) is 0 Å². The fourth-order valence-corrected chi connectivity index (χ4v) is 2.91. The lowest BCUT2D eigenvalue weighted by Gasteiger charge is -2.15. The lowest BCUT2D eigenvalue weighted by atomic mass is 10.0. The van der Waals surface area contributed by atoms with Gasteiger partial charge in [-0.25, -0.2) is 0 Å². The Morgan fingerprint density at radius 3 is 3.00 bits per heavy atom. The topological polar surface area (TPSA) is 53.7 Å². The quantitative estimate of drug-likeness (QED) is 0.736. The Hall–Kier alpha value is -0.620. The molecule has 0 radical (unpaired) electrons. The fraction of sp³-hybridized carbons (Fsp3) is 0.600. The molecule has 1 aliphatic rings. The van der Waals surface area contributed by atoms with Gasteiger partial charge in [0.2, 0.25) is 0 Å². The molecule has 2 N–H and O–H groups in total. The summed E-state index contributed by atoms with van der Waals surface area (Å²) in [6.07, 6.45) is 2.64. The van der Waals surface area contributed by atoms with E-state index in [1.807, 2.05) is 0 Å². The van der Waals surface area contributed by atoms with E-state index in [1.54, 1.807) is 7.11 Å². The van der Waals surface area contributed by atoms with Crippen LogP contribution >= 0.6 is 15.9 Å². The van der Waals surface area contributed by atoms with Crippen LogP contribution in [0.5, 0.6) is 5.75 Å². The maximum Gasteiger partial charge on any atom is 0.125 e. The minimum atomic E-state index is 0.0835. The summed E-state index contributed by atoms with van der Waals surface area (Å²) in [6.45, 7) is 2.69. The monoisotopic (exact) mass is 343 g/mol. The van der Waals surface area contributed by atoms with Gasteiger partial charge in [-0.05, 0) is 36.1 Å². The largest absolute Gasteiger partial charge is 0.493 e. The van der Waals surface area contributed by atoms with E-state index in [9.17, 15) is 0 Å². The Balaban J connectivity index is 1.84. The van der Waals surface area contributed by atoms with Gasteiger partial charge < -0.3 is 19.9 Å².